The summed E-state index contributed by atoms with van der Waals surface area (Å²) in [4.78, 5) is 24.9. The molecule has 6 heteroatoms. The van der Waals surface area contributed by atoms with E-state index in [1.165, 1.54) is 5.56 Å². The van der Waals surface area contributed by atoms with Gasteiger partial charge in [-0.1, -0.05) is 29.8 Å². The van der Waals surface area contributed by atoms with Crippen LogP contribution in [0.1, 0.15) is 39.9 Å². The molecular weight excluding hydrogens is 364 g/mol. The van der Waals surface area contributed by atoms with Gasteiger partial charge in [-0.3, -0.25) is 14.8 Å². The Balaban J connectivity index is 1.53. The van der Waals surface area contributed by atoms with Crippen LogP contribution in [0.2, 0.25) is 5.02 Å². The summed E-state index contributed by atoms with van der Waals surface area (Å²) in [6.45, 7) is 0.777. The minimum atomic E-state index is -0.465. The number of benzene rings is 2. The predicted octanol–water partition coefficient (Wildman–Crippen LogP) is 3.37. The van der Waals surface area contributed by atoms with Crippen LogP contribution in [0.25, 0.3) is 0 Å². The van der Waals surface area contributed by atoms with E-state index in [1.807, 2.05) is 12.1 Å². The number of nitrogens with one attached hydrogen (secondary N) is 1. The Hall–Kier alpha value is -2.37. The van der Waals surface area contributed by atoms with E-state index < -0.39 is 5.91 Å². The number of halogens is 1. The molecule has 0 saturated carbocycles. The van der Waals surface area contributed by atoms with Crippen LogP contribution in [0.3, 0.4) is 0 Å². The molecule has 1 aliphatic carbocycles. The smallest absolute Gasteiger partial charge is 0.277 e. The van der Waals surface area contributed by atoms with Crippen molar-refractivity contribution in [3.8, 4) is 0 Å². The summed E-state index contributed by atoms with van der Waals surface area (Å²) in [6, 6.07) is 12.6. The molecule has 1 aliphatic heterocycles. The fraction of sp³-hybridized carbons (Fsp3) is 0.333. The van der Waals surface area contributed by atoms with Crippen molar-refractivity contribution in [1.82, 2.24) is 10.4 Å². The Morgan fingerprint density at radius 1 is 1.19 bits per heavy atom. The third kappa shape index (κ3) is 3.45. The highest BCUT2D eigenvalue weighted by Gasteiger charge is 2.44. The van der Waals surface area contributed by atoms with Crippen molar-refractivity contribution in [2.24, 2.45) is 5.41 Å². The molecule has 140 valence electrons. The summed E-state index contributed by atoms with van der Waals surface area (Å²) in [7, 11) is 0. The van der Waals surface area contributed by atoms with Gasteiger partial charge in [0.05, 0.1) is 12.0 Å². The third-order valence-electron chi connectivity index (χ3n) is 5.68. The lowest BCUT2D eigenvalue weighted by Gasteiger charge is -2.32. The van der Waals surface area contributed by atoms with E-state index in [0.717, 1.165) is 36.9 Å². The van der Waals surface area contributed by atoms with Crippen molar-refractivity contribution in [3.63, 3.8) is 0 Å². The molecular formula is C21H21ClN2O3. The van der Waals surface area contributed by atoms with Gasteiger partial charge in [0.2, 0.25) is 5.91 Å². The van der Waals surface area contributed by atoms with Gasteiger partial charge in [0.1, 0.15) is 0 Å². The van der Waals surface area contributed by atoms with Crippen molar-refractivity contribution in [1.29, 1.82) is 0 Å². The maximum Gasteiger partial charge on any atom is 0.277 e. The van der Waals surface area contributed by atoms with Gasteiger partial charge in [0.25, 0.3) is 5.91 Å². The maximum atomic E-state index is 12.7. The zero-order chi connectivity index (χ0) is 19.0. The molecule has 1 saturated heterocycles. The van der Waals surface area contributed by atoms with Gasteiger partial charge in [-0.05, 0) is 66.6 Å². The summed E-state index contributed by atoms with van der Waals surface area (Å²) < 4.78 is 0. The summed E-state index contributed by atoms with van der Waals surface area (Å²) in [5.74, 6) is -0.345. The van der Waals surface area contributed by atoms with Gasteiger partial charge >= 0.3 is 0 Å². The fourth-order valence-corrected chi connectivity index (χ4v) is 4.36. The molecule has 1 atom stereocenters. The molecule has 27 heavy (non-hydrogen) atoms. The van der Waals surface area contributed by atoms with Crippen LogP contribution in [0, 0.1) is 5.41 Å². The van der Waals surface area contributed by atoms with Crippen LogP contribution >= 0.6 is 11.6 Å². The number of amides is 2. The zero-order valence-corrected chi connectivity index (χ0v) is 15.6. The Bertz CT molecular complexity index is 914. The van der Waals surface area contributed by atoms with E-state index in [2.05, 4.69) is 5.32 Å². The Morgan fingerprint density at radius 3 is 2.78 bits per heavy atom. The number of hydrogen-bond donors (Lipinski definition) is 2. The standard InChI is InChI=1S/C21H21ClN2O3/c22-18-3-1-2-14(10-18)13-24(27)19(25)16-5-4-15-6-7-21(12-17(15)11-16)8-9-23-20(21)26/h1-5,10-11,27H,6-9,12-13H2,(H,23,26)/t21-/m1/s1. The SMILES string of the molecule is O=C(c1ccc2c(c1)C[C@]1(CCNC1=O)CC2)N(O)Cc1cccc(Cl)c1. The van der Waals surface area contributed by atoms with E-state index in [1.54, 1.807) is 30.3 Å². The first-order valence-corrected chi connectivity index (χ1v) is 9.50. The Kier molecular flexibility index (Phi) is 4.66. The first kappa shape index (κ1) is 18.0. The average molecular weight is 385 g/mol. The van der Waals surface area contributed by atoms with E-state index in [9.17, 15) is 14.8 Å². The van der Waals surface area contributed by atoms with Gasteiger partial charge in [-0.25, -0.2) is 5.06 Å². The molecule has 2 amide bonds. The van der Waals surface area contributed by atoms with Crippen LogP contribution in [-0.2, 0) is 24.2 Å². The van der Waals surface area contributed by atoms with Crippen molar-refractivity contribution in [2.45, 2.75) is 32.2 Å². The van der Waals surface area contributed by atoms with Gasteiger partial charge < -0.3 is 5.32 Å². The second-order valence-electron chi connectivity index (χ2n) is 7.44. The van der Waals surface area contributed by atoms with Crippen LogP contribution in [0.4, 0.5) is 0 Å². The number of hydrogen-bond acceptors (Lipinski definition) is 3. The molecule has 2 N–H and O–H groups in total. The van der Waals surface area contributed by atoms with E-state index in [0.29, 0.717) is 22.1 Å². The number of aryl methyl sites for hydroxylation is 1. The van der Waals surface area contributed by atoms with Crippen molar-refractivity contribution < 1.29 is 14.8 Å². The fourth-order valence-electron chi connectivity index (χ4n) is 4.15. The van der Waals surface area contributed by atoms with E-state index in [4.69, 9.17) is 11.6 Å². The monoisotopic (exact) mass is 384 g/mol. The maximum absolute atomic E-state index is 12.7. The molecule has 0 aromatic heterocycles. The van der Waals surface area contributed by atoms with Crippen molar-refractivity contribution in [2.75, 3.05) is 6.54 Å². The highest BCUT2D eigenvalue weighted by Crippen LogP contribution is 2.41. The van der Waals surface area contributed by atoms with Crippen molar-refractivity contribution in [3.05, 3.63) is 69.7 Å². The van der Waals surface area contributed by atoms with Crippen LogP contribution in [0.15, 0.2) is 42.5 Å². The number of hydroxylamine groups is 2. The summed E-state index contributed by atoms with van der Waals surface area (Å²) in [6.07, 6.45) is 3.17. The predicted molar refractivity (Wildman–Crippen MR) is 102 cm³/mol. The molecule has 2 aliphatic rings. The third-order valence-corrected chi connectivity index (χ3v) is 5.92. The quantitative estimate of drug-likeness (QED) is 0.629. The molecule has 1 heterocycles. The van der Waals surface area contributed by atoms with Crippen LogP contribution in [0.5, 0.6) is 0 Å². The largest absolute Gasteiger partial charge is 0.356 e. The molecule has 1 spiro atoms. The highest BCUT2D eigenvalue weighted by molar-refractivity contribution is 6.30. The lowest BCUT2D eigenvalue weighted by Crippen LogP contribution is -2.36. The normalized spacial score (nSPS) is 21.0. The minimum absolute atomic E-state index is 0.0584. The van der Waals surface area contributed by atoms with Crippen LogP contribution in [-0.4, -0.2) is 28.6 Å². The topological polar surface area (TPSA) is 69.6 Å². The molecule has 2 aromatic carbocycles. The molecule has 0 unspecified atom stereocenters. The molecule has 0 radical (unpaired) electrons. The number of fused-ring (bicyclic) bond motifs is 1. The van der Waals surface area contributed by atoms with Gasteiger partial charge in [0, 0.05) is 17.1 Å². The summed E-state index contributed by atoms with van der Waals surface area (Å²) in [5, 5.41) is 14.4. The van der Waals surface area contributed by atoms with E-state index in [-0.39, 0.29) is 17.9 Å². The summed E-state index contributed by atoms with van der Waals surface area (Å²) in [5.41, 5.74) is 3.04. The van der Waals surface area contributed by atoms with Crippen molar-refractivity contribution >= 4 is 23.4 Å². The van der Waals surface area contributed by atoms with E-state index >= 15 is 0 Å². The average Bonchev–Trinajstić information content (AvgIpc) is 3.00. The first-order chi connectivity index (χ1) is 13.0. The molecule has 5 nitrogen and oxygen atoms in total. The second-order valence-corrected chi connectivity index (χ2v) is 7.88. The van der Waals surface area contributed by atoms with Gasteiger partial charge in [-0.2, -0.15) is 0 Å². The Labute approximate surface area is 162 Å². The zero-order valence-electron chi connectivity index (χ0n) is 14.9. The molecule has 4 rings (SSSR count). The lowest BCUT2D eigenvalue weighted by molar-refractivity contribution is -0.128. The molecule has 0 bridgehead atoms. The van der Waals surface area contributed by atoms with Gasteiger partial charge in [0.15, 0.2) is 0 Å². The summed E-state index contributed by atoms with van der Waals surface area (Å²) >= 11 is 5.96. The van der Waals surface area contributed by atoms with Crippen LogP contribution < -0.4 is 5.32 Å². The minimum Gasteiger partial charge on any atom is -0.356 e. The number of carbonyl (C=O) groups is 2. The highest BCUT2D eigenvalue weighted by atomic mass is 35.5. The number of nitrogens with zero attached hydrogens (tertiary/aromatic N) is 1. The molecule has 2 aromatic rings. The van der Waals surface area contributed by atoms with Gasteiger partial charge in [-0.15, -0.1) is 0 Å². The first-order valence-electron chi connectivity index (χ1n) is 9.12. The Morgan fingerprint density at radius 2 is 2.04 bits per heavy atom. The lowest BCUT2D eigenvalue weighted by atomic mass is 9.70. The number of rotatable bonds is 3. The number of carbonyl (C=O) groups excluding carboxylic acids is 2. The second kappa shape index (κ2) is 6.98. The molecule has 1 fully saturated rings.